The number of ether oxygens (including phenoxy) is 1. The number of hydrogen-bond acceptors (Lipinski definition) is 3. The number of amides is 1. The lowest BCUT2D eigenvalue weighted by atomic mass is 9.75. The van der Waals surface area contributed by atoms with Crippen LogP contribution in [-0.4, -0.2) is 36.5 Å². The van der Waals surface area contributed by atoms with Crippen LogP contribution in [0.2, 0.25) is 0 Å². The summed E-state index contributed by atoms with van der Waals surface area (Å²) in [5.41, 5.74) is 4.54. The van der Waals surface area contributed by atoms with Crippen molar-refractivity contribution in [1.82, 2.24) is 10.2 Å². The van der Waals surface area contributed by atoms with Gasteiger partial charge >= 0.3 is 0 Å². The summed E-state index contributed by atoms with van der Waals surface area (Å²) in [6.45, 7) is 10.6. The minimum absolute atomic E-state index is 0.0645. The minimum atomic E-state index is 0.0645. The van der Waals surface area contributed by atoms with E-state index >= 15 is 0 Å². The first kappa shape index (κ1) is 26.2. The van der Waals surface area contributed by atoms with Crippen molar-refractivity contribution in [2.45, 2.75) is 58.6 Å². The van der Waals surface area contributed by atoms with Crippen LogP contribution in [-0.2, 0) is 4.79 Å². The van der Waals surface area contributed by atoms with Gasteiger partial charge in [-0.15, -0.1) is 0 Å². The summed E-state index contributed by atoms with van der Waals surface area (Å²) in [7, 11) is 0. The molecule has 3 aromatic rings. The largest absolute Gasteiger partial charge is 0.489 e. The molecule has 38 heavy (non-hydrogen) atoms. The van der Waals surface area contributed by atoms with Gasteiger partial charge in [-0.3, -0.25) is 4.79 Å². The molecule has 0 spiro atoms. The number of para-hydroxylation sites is 1. The summed E-state index contributed by atoms with van der Waals surface area (Å²) < 4.78 is 6.52. The molecule has 1 N–H and O–H groups in total. The van der Waals surface area contributed by atoms with Gasteiger partial charge in [0.05, 0.1) is 0 Å². The van der Waals surface area contributed by atoms with Crippen molar-refractivity contribution in [2.75, 3.05) is 19.6 Å². The summed E-state index contributed by atoms with van der Waals surface area (Å²) in [4.78, 5) is 15.2. The molecule has 0 bridgehead atoms. The van der Waals surface area contributed by atoms with Gasteiger partial charge in [0.1, 0.15) is 11.9 Å². The Kier molecular flexibility index (Phi) is 7.99. The monoisotopic (exact) mass is 508 g/mol. The highest BCUT2D eigenvalue weighted by molar-refractivity contribution is 5.98. The highest BCUT2D eigenvalue weighted by atomic mass is 16.5. The molecular weight excluding hydrogens is 468 g/mol. The number of allylic oxidation sites excluding steroid dienone is 2. The summed E-state index contributed by atoms with van der Waals surface area (Å²) in [5.74, 6) is 1.71. The van der Waals surface area contributed by atoms with E-state index in [9.17, 15) is 4.79 Å². The summed E-state index contributed by atoms with van der Waals surface area (Å²) in [6.07, 6.45) is 6.45. The maximum Gasteiger partial charge on any atom is 0.253 e. The van der Waals surface area contributed by atoms with E-state index < -0.39 is 0 Å². The fourth-order valence-electron chi connectivity index (χ4n) is 6.15. The minimum Gasteiger partial charge on any atom is -0.489 e. The Labute approximate surface area is 227 Å². The van der Waals surface area contributed by atoms with Gasteiger partial charge in [-0.05, 0) is 85.9 Å². The van der Waals surface area contributed by atoms with Crippen LogP contribution in [0.25, 0.3) is 10.8 Å². The van der Waals surface area contributed by atoms with Crippen LogP contribution in [0.1, 0.15) is 63.6 Å². The van der Waals surface area contributed by atoms with E-state index in [-0.39, 0.29) is 24.0 Å². The lowest BCUT2D eigenvalue weighted by molar-refractivity contribution is -0.126. The van der Waals surface area contributed by atoms with Gasteiger partial charge in [0.25, 0.3) is 5.91 Å². The Morgan fingerprint density at radius 1 is 1.03 bits per heavy atom. The SMILES string of the molecule is CCN(CC)C(=O)C1=CC(C2CC(CNC(C)c3cccc4ccccc34)Oc3ccccc32)CC=C1C. The number of fused-ring (bicyclic) bond motifs is 2. The van der Waals surface area contributed by atoms with E-state index in [2.05, 4.69) is 98.0 Å². The molecule has 5 rings (SSSR count). The van der Waals surface area contributed by atoms with Crippen molar-refractivity contribution in [2.24, 2.45) is 5.92 Å². The quantitative estimate of drug-likeness (QED) is 0.350. The third kappa shape index (κ3) is 5.28. The predicted molar refractivity (Wildman–Crippen MR) is 156 cm³/mol. The first-order chi connectivity index (χ1) is 18.5. The van der Waals surface area contributed by atoms with Gasteiger partial charge in [0.2, 0.25) is 0 Å². The maximum atomic E-state index is 13.3. The molecule has 1 amide bonds. The molecule has 1 aliphatic heterocycles. The Morgan fingerprint density at radius 3 is 2.58 bits per heavy atom. The van der Waals surface area contributed by atoms with Gasteiger partial charge in [-0.25, -0.2) is 0 Å². The zero-order chi connectivity index (χ0) is 26.6. The van der Waals surface area contributed by atoms with Gasteiger partial charge in [0, 0.05) is 31.2 Å². The number of carbonyl (C=O) groups is 1. The number of benzene rings is 3. The predicted octanol–water partition coefficient (Wildman–Crippen LogP) is 7.19. The molecule has 2 aliphatic rings. The molecular formula is C34H40N2O2. The lowest BCUT2D eigenvalue weighted by Gasteiger charge is -2.37. The average Bonchev–Trinajstić information content (AvgIpc) is 2.96. The molecule has 0 fully saturated rings. The molecule has 0 aromatic heterocycles. The van der Waals surface area contributed by atoms with Crippen molar-refractivity contribution < 1.29 is 9.53 Å². The van der Waals surface area contributed by atoms with Crippen molar-refractivity contribution in [3.8, 4) is 5.75 Å². The Bertz CT molecular complexity index is 1350. The number of hydrogen-bond donors (Lipinski definition) is 1. The molecule has 3 aromatic carbocycles. The third-order valence-electron chi connectivity index (χ3n) is 8.37. The fourth-order valence-corrected chi connectivity index (χ4v) is 6.15. The normalized spacial score (nSPS) is 21.6. The van der Waals surface area contributed by atoms with Crippen LogP contribution in [0, 0.1) is 5.92 Å². The van der Waals surface area contributed by atoms with Crippen LogP contribution in [0.4, 0.5) is 0 Å². The molecule has 4 nitrogen and oxygen atoms in total. The maximum absolute atomic E-state index is 13.3. The number of rotatable bonds is 8. The number of likely N-dealkylation sites (N-methyl/N-ethyl adjacent to an activating group) is 1. The van der Waals surface area contributed by atoms with E-state index in [0.717, 1.165) is 49.4 Å². The van der Waals surface area contributed by atoms with E-state index in [4.69, 9.17) is 4.74 Å². The molecule has 4 heteroatoms. The van der Waals surface area contributed by atoms with Crippen LogP contribution in [0.5, 0.6) is 5.75 Å². The van der Waals surface area contributed by atoms with E-state index in [1.165, 1.54) is 21.9 Å². The third-order valence-corrected chi connectivity index (χ3v) is 8.37. The van der Waals surface area contributed by atoms with Gasteiger partial charge in [-0.2, -0.15) is 0 Å². The van der Waals surface area contributed by atoms with E-state index in [0.29, 0.717) is 5.92 Å². The van der Waals surface area contributed by atoms with Crippen molar-refractivity contribution in [1.29, 1.82) is 0 Å². The van der Waals surface area contributed by atoms with Crippen molar-refractivity contribution >= 4 is 16.7 Å². The van der Waals surface area contributed by atoms with E-state index in [1.54, 1.807) is 0 Å². The Hall–Kier alpha value is -3.37. The second-order valence-corrected chi connectivity index (χ2v) is 10.7. The van der Waals surface area contributed by atoms with Gasteiger partial charge < -0.3 is 15.0 Å². The Balaban J connectivity index is 1.36. The molecule has 4 atom stereocenters. The zero-order valence-electron chi connectivity index (χ0n) is 23.1. The number of nitrogens with one attached hydrogen (secondary N) is 1. The van der Waals surface area contributed by atoms with E-state index in [1.807, 2.05) is 18.7 Å². The van der Waals surface area contributed by atoms with Crippen LogP contribution >= 0.6 is 0 Å². The molecule has 1 heterocycles. The number of carbonyl (C=O) groups excluding carboxylic acids is 1. The lowest BCUT2D eigenvalue weighted by Crippen LogP contribution is -2.38. The first-order valence-corrected chi connectivity index (χ1v) is 14.1. The van der Waals surface area contributed by atoms with Gasteiger partial charge in [-0.1, -0.05) is 72.8 Å². The highest BCUT2D eigenvalue weighted by Crippen LogP contribution is 2.44. The standard InChI is InChI=1S/C34H40N2O2/c1-5-36(6-2)34(37)31-20-26(19-18-23(31)3)32-21-27(38-33-17-10-9-15-30(32)33)22-35-24(4)28-16-11-13-25-12-7-8-14-29(25)28/h7-18,20,24,26-27,32,35H,5-6,19,21-22H2,1-4H3. The second kappa shape index (κ2) is 11.6. The Morgan fingerprint density at radius 2 is 1.76 bits per heavy atom. The molecule has 0 radical (unpaired) electrons. The summed E-state index contributed by atoms with van der Waals surface area (Å²) in [6, 6.07) is 23.8. The zero-order valence-corrected chi connectivity index (χ0v) is 23.1. The van der Waals surface area contributed by atoms with Gasteiger partial charge in [0.15, 0.2) is 0 Å². The number of nitrogens with zero attached hydrogens (tertiary/aromatic N) is 1. The van der Waals surface area contributed by atoms with Crippen LogP contribution in [0.15, 0.2) is 90.0 Å². The summed E-state index contributed by atoms with van der Waals surface area (Å²) >= 11 is 0. The highest BCUT2D eigenvalue weighted by Gasteiger charge is 2.34. The molecule has 198 valence electrons. The topological polar surface area (TPSA) is 41.6 Å². The van der Waals surface area contributed by atoms with Crippen LogP contribution in [0.3, 0.4) is 0 Å². The fraction of sp³-hybridized carbons (Fsp3) is 0.382. The van der Waals surface area contributed by atoms with Crippen LogP contribution < -0.4 is 10.1 Å². The summed E-state index contributed by atoms with van der Waals surface area (Å²) in [5, 5.41) is 6.33. The molecule has 4 unspecified atom stereocenters. The average molecular weight is 509 g/mol. The first-order valence-electron chi connectivity index (χ1n) is 14.1. The van der Waals surface area contributed by atoms with Crippen molar-refractivity contribution in [3.63, 3.8) is 0 Å². The second-order valence-electron chi connectivity index (χ2n) is 10.7. The smallest absolute Gasteiger partial charge is 0.253 e. The molecule has 0 saturated heterocycles. The molecule has 0 saturated carbocycles. The van der Waals surface area contributed by atoms with Crippen molar-refractivity contribution in [3.05, 3.63) is 101 Å². The molecule has 1 aliphatic carbocycles.